The van der Waals surface area contributed by atoms with Crippen LogP contribution < -0.4 is 0 Å². The van der Waals surface area contributed by atoms with E-state index in [2.05, 4.69) is 4.98 Å². The van der Waals surface area contributed by atoms with E-state index in [9.17, 15) is 18.3 Å². The third kappa shape index (κ3) is 2.60. The zero-order valence-corrected chi connectivity index (χ0v) is 9.24. The second-order valence-corrected chi connectivity index (χ2v) is 4.42. The fourth-order valence-electron chi connectivity index (χ4n) is 2.43. The molecule has 0 aromatic carbocycles. The van der Waals surface area contributed by atoms with E-state index < -0.39 is 23.8 Å². The number of aromatic nitrogens is 1. The minimum atomic E-state index is -4.38. The van der Waals surface area contributed by atoms with Crippen LogP contribution in [0.2, 0.25) is 0 Å². The van der Waals surface area contributed by atoms with Crippen LogP contribution in [0.5, 0.6) is 0 Å². The smallest absolute Gasteiger partial charge is 0.392 e. The average molecular weight is 245 g/mol. The molecule has 2 atom stereocenters. The molecule has 0 aliphatic heterocycles. The van der Waals surface area contributed by atoms with Gasteiger partial charge in [0.05, 0.1) is 11.7 Å². The van der Waals surface area contributed by atoms with E-state index >= 15 is 0 Å². The molecule has 0 saturated heterocycles. The molecule has 2 unspecified atom stereocenters. The molecule has 0 radical (unpaired) electrons. The first-order valence-electron chi connectivity index (χ1n) is 5.69. The molecular weight excluding hydrogens is 231 g/mol. The van der Waals surface area contributed by atoms with Gasteiger partial charge in [0.1, 0.15) is 0 Å². The molecular formula is C12H14F3NO. The molecule has 1 fully saturated rings. The van der Waals surface area contributed by atoms with Crippen LogP contribution in [-0.4, -0.2) is 16.2 Å². The number of rotatable bonds is 1. The van der Waals surface area contributed by atoms with Crippen molar-refractivity contribution < 1.29 is 18.3 Å². The van der Waals surface area contributed by atoms with Gasteiger partial charge in [0.25, 0.3) is 0 Å². The summed E-state index contributed by atoms with van der Waals surface area (Å²) in [4.78, 5) is 3.76. The Morgan fingerprint density at radius 3 is 2.59 bits per heavy atom. The Kier molecular flexibility index (Phi) is 3.38. The number of halogens is 3. The first kappa shape index (κ1) is 12.4. The zero-order valence-electron chi connectivity index (χ0n) is 9.24. The molecule has 1 aliphatic rings. The van der Waals surface area contributed by atoms with Gasteiger partial charge in [-0.2, -0.15) is 13.2 Å². The fourth-order valence-corrected chi connectivity index (χ4v) is 2.43. The van der Waals surface area contributed by atoms with Gasteiger partial charge in [-0.25, -0.2) is 0 Å². The number of hydrogen-bond donors (Lipinski definition) is 1. The summed E-state index contributed by atoms with van der Waals surface area (Å²) < 4.78 is 38.5. The second kappa shape index (κ2) is 4.64. The van der Waals surface area contributed by atoms with Crippen LogP contribution in [0.4, 0.5) is 13.2 Å². The van der Waals surface area contributed by atoms with Crippen molar-refractivity contribution in [2.24, 2.45) is 0 Å². The first-order chi connectivity index (χ1) is 8.00. The first-order valence-corrected chi connectivity index (χ1v) is 5.69. The summed E-state index contributed by atoms with van der Waals surface area (Å²) in [5.41, 5.74) is -0.536. The minimum absolute atomic E-state index is 0.132. The molecule has 2 nitrogen and oxygen atoms in total. The van der Waals surface area contributed by atoms with E-state index in [0.717, 1.165) is 25.1 Å². The zero-order chi connectivity index (χ0) is 12.5. The van der Waals surface area contributed by atoms with Crippen LogP contribution in [0.15, 0.2) is 18.5 Å². The van der Waals surface area contributed by atoms with Crippen molar-refractivity contribution in [3.8, 4) is 0 Å². The van der Waals surface area contributed by atoms with E-state index in [1.54, 1.807) is 0 Å². The Morgan fingerprint density at radius 1 is 1.24 bits per heavy atom. The highest BCUT2D eigenvalue weighted by molar-refractivity contribution is 5.30. The predicted molar refractivity (Wildman–Crippen MR) is 56.5 cm³/mol. The van der Waals surface area contributed by atoms with Gasteiger partial charge in [-0.05, 0) is 24.5 Å². The largest absolute Gasteiger partial charge is 0.416 e. The number of nitrogens with zero attached hydrogens (tertiary/aromatic N) is 1. The SMILES string of the molecule is OC1CCCCC1c1cnccc1C(F)(F)F. The Morgan fingerprint density at radius 2 is 1.94 bits per heavy atom. The Bertz CT molecular complexity index is 392. The third-order valence-electron chi connectivity index (χ3n) is 3.29. The lowest BCUT2D eigenvalue weighted by molar-refractivity contribution is -0.138. The summed E-state index contributed by atoms with van der Waals surface area (Å²) in [5, 5.41) is 9.82. The molecule has 94 valence electrons. The number of hydrogen-bond acceptors (Lipinski definition) is 2. The quantitative estimate of drug-likeness (QED) is 0.824. The van der Waals surface area contributed by atoms with E-state index in [4.69, 9.17) is 0 Å². The standard InChI is InChI=1S/C12H14F3NO/c13-12(14,15)10-5-6-16-7-9(10)8-3-1-2-4-11(8)17/h5-8,11,17H,1-4H2. The maximum Gasteiger partial charge on any atom is 0.416 e. The molecule has 1 aromatic heterocycles. The fraction of sp³-hybridized carbons (Fsp3) is 0.583. The molecule has 1 N–H and O–H groups in total. The maximum atomic E-state index is 12.8. The summed E-state index contributed by atoms with van der Waals surface area (Å²) in [5.74, 6) is -0.436. The van der Waals surface area contributed by atoms with E-state index in [1.165, 1.54) is 6.20 Å². The number of pyridine rings is 1. The number of alkyl halides is 3. The van der Waals surface area contributed by atoms with Gasteiger partial charge >= 0.3 is 6.18 Å². The molecule has 1 saturated carbocycles. The highest BCUT2D eigenvalue weighted by atomic mass is 19.4. The lowest BCUT2D eigenvalue weighted by atomic mass is 9.80. The molecule has 0 spiro atoms. The van der Waals surface area contributed by atoms with Crippen molar-refractivity contribution in [1.29, 1.82) is 0 Å². The Balaban J connectivity index is 2.37. The number of aliphatic hydroxyl groups is 1. The van der Waals surface area contributed by atoms with Gasteiger partial charge in [-0.3, -0.25) is 4.98 Å². The van der Waals surface area contributed by atoms with Gasteiger partial charge in [-0.15, -0.1) is 0 Å². The van der Waals surface area contributed by atoms with E-state index in [-0.39, 0.29) is 5.56 Å². The summed E-state index contributed by atoms with van der Waals surface area (Å²) in [7, 11) is 0. The van der Waals surface area contributed by atoms with Crippen molar-refractivity contribution in [3.05, 3.63) is 29.6 Å². The lowest BCUT2D eigenvalue weighted by Gasteiger charge is -2.29. The van der Waals surface area contributed by atoms with Crippen LogP contribution in [0.25, 0.3) is 0 Å². The van der Waals surface area contributed by atoms with Crippen molar-refractivity contribution in [1.82, 2.24) is 4.98 Å². The van der Waals surface area contributed by atoms with Crippen molar-refractivity contribution in [3.63, 3.8) is 0 Å². The molecule has 0 bridgehead atoms. The molecule has 1 aliphatic carbocycles. The number of aliphatic hydroxyl groups excluding tert-OH is 1. The van der Waals surface area contributed by atoms with Gasteiger partial charge in [0.15, 0.2) is 0 Å². The van der Waals surface area contributed by atoms with E-state index in [0.29, 0.717) is 12.8 Å². The van der Waals surface area contributed by atoms with Crippen LogP contribution in [0.1, 0.15) is 42.7 Å². The van der Waals surface area contributed by atoms with Crippen LogP contribution >= 0.6 is 0 Å². The summed E-state index contributed by atoms with van der Waals surface area (Å²) in [6.07, 6.45) is 0.202. The van der Waals surface area contributed by atoms with Crippen molar-refractivity contribution in [2.45, 2.75) is 43.9 Å². The van der Waals surface area contributed by atoms with Crippen molar-refractivity contribution in [2.75, 3.05) is 0 Å². The topological polar surface area (TPSA) is 33.1 Å². The Hall–Kier alpha value is -1.10. The van der Waals surface area contributed by atoms with Gasteiger partial charge in [0, 0.05) is 18.3 Å². The normalized spacial score (nSPS) is 25.9. The maximum absolute atomic E-state index is 12.8. The van der Waals surface area contributed by atoms with Crippen LogP contribution in [-0.2, 0) is 6.18 Å². The highest BCUT2D eigenvalue weighted by Gasteiger charge is 2.37. The predicted octanol–water partition coefficient (Wildman–Crippen LogP) is 3.12. The second-order valence-electron chi connectivity index (χ2n) is 4.42. The van der Waals surface area contributed by atoms with Crippen LogP contribution in [0, 0.1) is 0 Å². The monoisotopic (exact) mass is 245 g/mol. The van der Waals surface area contributed by atoms with Crippen LogP contribution in [0.3, 0.4) is 0 Å². The Labute approximate surface area is 97.5 Å². The highest BCUT2D eigenvalue weighted by Crippen LogP contribution is 2.40. The lowest BCUT2D eigenvalue weighted by Crippen LogP contribution is -2.25. The summed E-state index contributed by atoms with van der Waals surface area (Å²) in [6.45, 7) is 0. The summed E-state index contributed by atoms with van der Waals surface area (Å²) >= 11 is 0. The molecule has 1 aromatic rings. The molecule has 1 heterocycles. The molecule has 5 heteroatoms. The average Bonchev–Trinajstić information content (AvgIpc) is 2.28. The van der Waals surface area contributed by atoms with Crippen molar-refractivity contribution >= 4 is 0 Å². The molecule has 2 rings (SSSR count). The van der Waals surface area contributed by atoms with E-state index in [1.807, 2.05) is 0 Å². The van der Waals surface area contributed by atoms with Gasteiger partial charge < -0.3 is 5.11 Å². The summed E-state index contributed by atoms with van der Waals surface area (Å²) in [6, 6.07) is 0.983. The van der Waals surface area contributed by atoms with Gasteiger partial charge in [0.2, 0.25) is 0 Å². The third-order valence-corrected chi connectivity index (χ3v) is 3.29. The van der Waals surface area contributed by atoms with Gasteiger partial charge in [-0.1, -0.05) is 12.8 Å². The molecule has 0 amide bonds. The minimum Gasteiger partial charge on any atom is -0.392 e. The molecule has 17 heavy (non-hydrogen) atoms.